The maximum atomic E-state index is 11.9. The quantitative estimate of drug-likeness (QED) is 0.583. The molecule has 0 unspecified atom stereocenters. The van der Waals surface area contributed by atoms with E-state index < -0.39 is 0 Å². The third-order valence-corrected chi connectivity index (χ3v) is 3.88. The number of fused-ring (bicyclic) bond motifs is 2. The molecule has 0 saturated carbocycles. The largest absolute Gasteiger partial charge is 0.325 e. The fraction of sp³-hybridized carbons (Fsp3) is 0.125. The number of imidazole rings is 1. The molecule has 114 valence electrons. The van der Waals surface area contributed by atoms with Crippen LogP contribution >= 0.6 is 0 Å². The summed E-state index contributed by atoms with van der Waals surface area (Å²) in [6.45, 7) is 2.19. The van der Waals surface area contributed by atoms with Gasteiger partial charge in [0, 0.05) is 23.7 Å². The Morgan fingerprint density at radius 1 is 1.22 bits per heavy atom. The number of aromatic nitrogens is 5. The average Bonchev–Trinajstić information content (AvgIpc) is 2.98. The number of hydrogen-bond acceptors (Lipinski definition) is 5. The standard InChI is InChI=1S/C16H14N6O/c1-9-8-22-14(6-19-15(22)7-18-9)10-2-3-11-12(4-10)13(5-17)20-21-16(11)23/h2-4,6-8H,5,17H2,1H3,(H,21,23). The summed E-state index contributed by atoms with van der Waals surface area (Å²) in [4.78, 5) is 20.5. The third kappa shape index (κ3) is 2.09. The molecule has 0 spiro atoms. The molecule has 3 N–H and O–H groups in total. The number of rotatable bonds is 2. The minimum Gasteiger partial charge on any atom is -0.325 e. The van der Waals surface area contributed by atoms with Crippen molar-refractivity contribution in [3.05, 3.63) is 58.5 Å². The Morgan fingerprint density at radius 3 is 2.91 bits per heavy atom. The van der Waals surface area contributed by atoms with Gasteiger partial charge in [-0.15, -0.1) is 0 Å². The second-order valence-electron chi connectivity index (χ2n) is 5.36. The Hall–Kier alpha value is -3.06. The van der Waals surface area contributed by atoms with Gasteiger partial charge in [-0.2, -0.15) is 5.10 Å². The van der Waals surface area contributed by atoms with E-state index in [4.69, 9.17) is 5.73 Å². The normalized spacial score (nSPS) is 11.4. The van der Waals surface area contributed by atoms with Crippen LogP contribution in [0.1, 0.15) is 11.4 Å². The molecule has 3 aromatic heterocycles. The van der Waals surface area contributed by atoms with Crippen molar-refractivity contribution < 1.29 is 0 Å². The van der Waals surface area contributed by atoms with Crippen molar-refractivity contribution in [2.24, 2.45) is 5.73 Å². The van der Waals surface area contributed by atoms with Gasteiger partial charge in [0.05, 0.1) is 34.9 Å². The molecular weight excluding hydrogens is 292 g/mol. The lowest BCUT2D eigenvalue weighted by molar-refractivity contribution is 0.900. The van der Waals surface area contributed by atoms with Gasteiger partial charge >= 0.3 is 0 Å². The van der Waals surface area contributed by atoms with Crippen LogP contribution in [0.15, 0.2) is 41.6 Å². The van der Waals surface area contributed by atoms with Gasteiger partial charge in [-0.05, 0) is 19.1 Å². The van der Waals surface area contributed by atoms with E-state index in [1.807, 2.05) is 29.7 Å². The molecule has 4 rings (SSSR count). The van der Waals surface area contributed by atoms with Gasteiger partial charge in [-0.25, -0.2) is 10.1 Å². The van der Waals surface area contributed by atoms with Gasteiger partial charge in [-0.1, -0.05) is 6.07 Å². The van der Waals surface area contributed by atoms with E-state index in [0.717, 1.165) is 28.0 Å². The van der Waals surface area contributed by atoms with E-state index in [1.165, 1.54) is 0 Å². The lowest BCUT2D eigenvalue weighted by Crippen LogP contribution is -2.13. The highest BCUT2D eigenvalue weighted by molar-refractivity contribution is 5.88. The maximum Gasteiger partial charge on any atom is 0.272 e. The summed E-state index contributed by atoms with van der Waals surface area (Å²) in [5, 5.41) is 7.84. The number of aromatic amines is 1. The summed E-state index contributed by atoms with van der Waals surface area (Å²) >= 11 is 0. The second kappa shape index (κ2) is 4.99. The highest BCUT2D eigenvalue weighted by Gasteiger charge is 2.10. The second-order valence-corrected chi connectivity index (χ2v) is 5.36. The van der Waals surface area contributed by atoms with E-state index in [1.54, 1.807) is 18.5 Å². The zero-order valence-corrected chi connectivity index (χ0v) is 12.4. The van der Waals surface area contributed by atoms with Crippen LogP contribution in [-0.4, -0.2) is 24.6 Å². The first-order chi connectivity index (χ1) is 11.2. The number of nitrogens with zero attached hydrogens (tertiary/aromatic N) is 4. The molecule has 4 aromatic rings. The smallest absolute Gasteiger partial charge is 0.272 e. The van der Waals surface area contributed by atoms with Crippen LogP contribution in [0.3, 0.4) is 0 Å². The lowest BCUT2D eigenvalue weighted by Gasteiger charge is -2.06. The van der Waals surface area contributed by atoms with Gasteiger partial charge in [-0.3, -0.25) is 14.2 Å². The average molecular weight is 306 g/mol. The van der Waals surface area contributed by atoms with Gasteiger partial charge in [0.25, 0.3) is 5.56 Å². The van der Waals surface area contributed by atoms with Gasteiger partial charge in [0.15, 0.2) is 5.65 Å². The first-order valence-corrected chi connectivity index (χ1v) is 7.19. The number of hydrogen-bond donors (Lipinski definition) is 2. The molecule has 0 atom stereocenters. The van der Waals surface area contributed by atoms with E-state index in [9.17, 15) is 4.79 Å². The molecule has 0 fully saturated rings. The minimum absolute atomic E-state index is 0.220. The highest BCUT2D eigenvalue weighted by atomic mass is 16.1. The van der Waals surface area contributed by atoms with E-state index >= 15 is 0 Å². The molecule has 1 aromatic carbocycles. The molecule has 23 heavy (non-hydrogen) atoms. The van der Waals surface area contributed by atoms with Gasteiger partial charge in [0.2, 0.25) is 0 Å². The Morgan fingerprint density at radius 2 is 2.09 bits per heavy atom. The molecule has 0 bridgehead atoms. The zero-order valence-electron chi connectivity index (χ0n) is 12.4. The molecule has 0 amide bonds. The minimum atomic E-state index is -0.220. The summed E-state index contributed by atoms with van der Waals surface area (Å²) in [5.74, 6) is 0. The number of aryl methyl sites for hydroxylation is 1. The van der Waals surface area contributed by atoms with Crippen molar-refractivity contribution in [2.75, 3.05) is 0 Å². The van der Waals surface area contributed by atoms with E-state index in [-0.39, 0.29) is 12.1 Å². The first-order valence-electron chi connectivity index (χ1n) is 7.19. The summed E-state index contributed by atoms with van der Waals surface area (Å²) in [6.07, 6.45) is 5.46. The predicted octanol–water partition coefficient (Wildman–Crippen LogP) is 1.40. The molecule has 0 saturated heterocycles. The van der Waals surface area contributed by atoms with Crippen molar-refractivity contribution in [1.29, 1.82) is 0 Å². The third-order valence-electron chi connectivity index (χ3n) is 3.88. The topological polar surface area (TPSA) is 102 Å². The monoisotopic (exact) mass is 306 g/mol. The first kappa shape index (κ1) is 13.6. The van der Waals surface area contributed by atoms with Gasteiger partial charge < -0.3 is 5.73 Å². The molecule has 0 aliphatic rings. The number of nitrogens with two attached hydrogens (primary N) is 1. The summed E-state index contributed by atoms with van der Waals surface area (Å²) in [7, 11) is 0. The molecule has 7 heteroatoms. The zero-order chi connectivity index (χ0) is 16.0. The van der Waals surface area contributed by atoms with Crippen LogP contribution in [-0.2, 0) is 6.54 Å². The number of nitrogens with one attached hydrogen (secondary N) is 1. The maximum absolute atomic E-state index is 11.9. The van der Waals surface area contributed by atoms with Crippen LogP contribution < -0.4 is 11.3 Å². The van der Waals surface area contributed by atoms with E-state index in [2.05, 4.69) is 20.2 Å². The molecule has 0 radical (unpaired) electrons. The van der Waals surface area contributed by atoms with Crippen LogP contribution in [0.2, 0.25) is 0 Å². The fourth-order valence-electron chi connectivity index (χ4n) is 2.73. The molecular formula is C16H14N6O. The summed E-state index contributed by atoms with van der Waals surface area (Å²) in [6, 6.07) is 5.62. The highest BCUT2D eigenvalue weighted by Crippen LogP contribution is 2.25. The Kier molecular flexibility index (Phi) is 2.95. The van der Waals surface area contributed by atoms with Crippen molar-refractivity contribution in [1.82, 2.24) is 24.6 Å². The van der Waals surface area contributed by atoms with Crippen LogP contribution in [0, 0.1) is 6.92 Å². The van der Waals surface area contributed by atoms with Gasteiger partial charge in [0.1, 0.15) is 0 Å². The Labute approximate surface area is 130 Å². The van der Waals surface area contributed by atoms with Crippen molar-refractivity contribution in [3.63, 3.8) is 0 Å². The van der Waals surface area contributed by atoms with Crippen LogP contribution in [0.4, 0.5) is 0 Å². The van der Waals surface area contributed by atoms with Crippen LogP contribution in [0.5, 0.6) is 0 Å². The fourth-order valence-corrected chi connectivity index (χ4v) is 2.73. The van der Waals surface area contributed by atoms with Crippen molar-refractivity contribution in [3.8, 4) is 11.3 Å². The Bertz CT molecular complexity index is 1090. The van der Waals surface area contributed by atoms with Crippen molar-refractivity contribution in [2.45, 2.75) is 13.5 Å². The number of benzene rings is 1. The van der Waals surface area contributed by atoms with Crippen LogP contribution in [0.25, 0.3) is 27.7 Å². The lowest BCUT2D eigenvalue weighted by atomic mass is 10.1. The SMILES string of the molecule is Cc1cn2c(-c3ccc4c(=O)[nH]nc(CN)c4c3)cnc2cn1. The molecule has 0 aliphatic heterocycles. The predicted molar refractivity (Wildman–Crippen MR) is 87.0 cm³/mol. The molecule has 3 heterocycles. The Balaban J connectivity index is 2.01. The summed E-state index contributed by atoms with van der Waals surface area (Å²) < 4.78 is 1.98. The van der Waals surface area contributed by atoms with E-state index in [0.29, 0.717) is 11.1 Å². The number of H-pyrrole nitrogens is 1. The molecule has 7 nitrogen and oxygen atoms in total. The van der Waals surface area contributed by atoms with Crippen molar-refractivity contribution >= 4 is 16.4 Å². The molecule has 0 aliphatic carbocycles. The summed E-state index contributed by atoms with van der Waals surface area (Å²) in [5.41, 5.74) is 9.72.